The summed E-state index contributed by atoms with van der Waals surface area (Å²) in [5, 5.41) is 10.5. The summed E-state index contributed by atoms with van der Waals surface area (Å²) in [6.07, 6.45) is 1.75. The van der Waals surface area contributed by atoms with Crippen LogP contribution in [0, 0.1) is 6.92 Å². The van der Waals surface area contributed by atoms with E-state index in [9.17, 15) is 18.3 Å². The Hall–Kier alpha value is -2.94. The van der Waals surface area contributed by atoms with Gasteiger partial charge in [-0.15, -0.1) is 11.3 Å². The standard InChI is InChI=1S/C22H20N2O4S2/c1-14-6-8-15(9-7-14)20-10-11-21(29-20)30(27,28)24-19(22(25)26)12-16-13-23-18-5-3-2-4-17(16)18/h2-11,13,19,23-24H,12H2,1H3,(H,25,26)/t19-/m0/s1. The van der Waals surface area contributed by atoms with Crippen molar-refractivity contribution in [3.63, 3.8) is 0 Å². The lowest BCUT2D eigenvalue weighted by atomic mass is 10.1. The van der Waals surface area contributed by atoms with Gasteiger partial charge >= 0.3 is 5.97 Å². The number of carboxylic acids is 1. The first-order valence-corrected chi connectivity index (χ1v) is 11.6. The third kappa shape index (κ3) is 4.16. The van der Waals surface area contributed by atoms with E-state index in [4.69, 9.17) is 0 Å². The molecule has 1 atom stereocenters. The average Bonchev–Trinajstić information content (AvgIpc) is 3.36. The van der Waals surface area contributed by atoms with Crippen molar-refractivity contribution < 1.29 is 18.3 Å². The van der Waals surface area contributed by atoms with E-state index in [1.165, 1.54) is 6.07 Å². The molecule has 4 rings (SSSR count). The maximum absolute atomic E-state index is 12.9. The molecular formula is C22H20N2O4S2. The lowest BCUT2D eigenvalue weighted by Crippen LogP contribution is -2.41. The van der Waals surface area contributed by atoms with Gasteiger partial charge in [0.1, 0.15) is 10.3 Å². The molecule has 4 aromatic rings. The van der Waals surface area contributed by atoms with Crippen molar-refractivity contribution in [2.75, 3.05) is 0 Å². The Labute approximate surface area is 178 Å². The smallest absolute Gasteiger partial charge is 0.322 e. The van der Waals surface area contributed by atoms with Crippen LogP contribution in [0.4, 0.5) is 0 Å². The van der Waals surface area contributed by atoms with E-state index in [1.54, 1.807) is 12.3 Å². The van der Waals surface area contributed by atoms with Gasteiger partial charge in [-0.2, -0.15) is 4.72 Å². The minimum atomic E-state index is -3.98. The van der Waals surface area contributed by atoms with E-state index in [0.717, 1.165) is 43.8 Å². The summed E-state index contributed by atoms with van der Waals surface area (Å²) >= 11 is 1.11. The van der Waals surface area contributed by atoms with Crippen LogP contribution in [0.3, 0.4) is 0 Å². The average molecular weight is 441 g/mol. The summed E-state index contributed by atoms with van der Waals surface area (Å²) in [5.74, 6) is -1.22. The Morgan fingerprint density at radius 2 is 1.83 bits per heavy atom. The summed E-state index contributed by atoms with van der Waals surface area (Å²) in [6, 6.07) is 17.3. The molecule has 0 spiro atoms. The van der Waals surface area contributed by atoms with Gasteiger partial charge < -0.3 is 10.1 Å². The number of carboxylic acid groups (broad SMARTS) is 1. The Morgan fingerprint density at radius 3 is 2.57 bits per heavy atom. The van der Waals surface area contributed by atoms with Gasteiger partial charge in [-0.25, -0.2) is 8.42 Å². The topological polar surface area (TPSA) is 99.3 Å². The predicted octanol–water partition coefficient (Wildman–Crippen LogP) is 4.18. The Morgan fingerprint density at radius 1 is 1.10 bits per heavy atom. The number of carbonyl (C=O) groups is 1. The highest BCUT2D eigenvalue weighted by Crippen LogP contribution is 2.31. The van der Waals surface area contributed by atoms with Gasteiger partial charge in [0.2, 0.25) is 0 Å². The van der Waals surface area contributed by atoms with E-state index >= 15 is 0 Å². The minimum Gasteiger partial charge on any atom is -0.480 e. The first-order chi connectivity index (χ1) is 14.3. The van der Waals surface area contributed by atoms with Crippen LogP contribution in [0.15, 0.2) is 71.1 Å². The molecule has 2 aromatic carbocycles. The molecule has 0 unspecified atom stereocenters. The van der Waals surface area contributed by atoms with Crippen molar-refractivity contribution in [2.24, 2.45) is 0 Å². The van der Waals surface area contributed by atoms with E-state index < -0.39 is 22.0 Å². The Balaban J connectivity index is 1.57. The number of fused-ring (bicyclic) bond motifs is 1. The number of aromatic amines is 1. The maximum Gasteiger partial charge on any atom is 0.322 e. The fraction of sp³-hybridized carbons (Fsp3) is 0.136. The number of H-pyrrole nitrogens is 1. The van der Waals surface area contributed by atoms with Gasteiger partial charge in [0.15, 0.2) is 0 Å². The lowest BCUT2D eigenvalue weighted by Gasteiger charge is -2.13. The summed E-state index contributed by atoms with van der Waals surface area (Å²) in [7, 11) is -3.98. The van der Waals surface area contributed by atoms with Crippen LogP contribution < -0.4 is 4.72 Å². The van der Waals surface area contributed by atoms with Crippen molar-refractivity contribution in [3.8, 4) is 10.4 Å². The second-order valence-corrected chi connectivity index (χ2v) is 10.1. The highest BCUT2D eigenvalue weighted by atomic mass is 32.2. The predicted molar refractivity (Wildman–Crippen MR) is 118 cm³/mol. The number of hydrogen-bond donors (Lipinski definition) is 3. The van der Waals surface area contributed by atoms with Gasteiger partial charge in [-0.3, -0.25) is 4.79 Å². The lowest BCUT2D eigenvalue weighted by molar-refractivity contribution is -0.138. The van der Waals surface area contributed by atoms with Gasteiger partial charge in [-0.1, -0.05) is 48.0 Å². The van der Waals surface area contributed by atoms with Crippen LogP contribution in [0.1, 0.15) is 11.1 Å². The maximum atomic E-state index is 12.9. The number of benzene rings is 2. The summed E-state index contributed by atoms with van der Waals surface area (Å²) in [4.78, 5) is 15.7. The molecular weight excluding hydrogens is 420 g/mol. The molecule has 154 valence electrons. The van der Waals surface area contributed by atoms with Crippen LogP contribution in [-0.2, 0) is 21.2 Å². The fourth-order valence-electron chi connectivity index (χ4n) is 3.28. The molecule has 8 heteroatoms. The number of hydrogen-bond acceptors (Lipinski definition) is 4. The molecule has 2 heterocycles. The number of rotatable bonds is 7. The highest BCUT2D eigenvalue weighted by Gasteiger charge is 2.27. The summed E-state index contributed by atoms with van der Waals surface area (Å²) < 4.78 is 28.2. The zero-order valence-corrected chi connectivity index (χ0v) is 17.8. The van der Waals surface area contributed by atoms with Crippen molar-refractivity contribution in [1.82, 2.24) is 9.71 Å². The molecule has 0 amide bonds. The number of para-hydroxylation sites is 1. The van der Waals surface area contributed by atoms with Crippen LogP contribution in [-0.4, -0.2) is 30.5 Å². The molecule has 0 radical (unpaired) electrons. The van der Waals surface area contributed by atoms with Crippen molar-refractivity contribution in [2.45, 2.75) is 23.6 Å². The molecule has 0 aliphatic carbocycles. The Kier molecular flexibility index (Phi) is 5.46. The van der Waals surface area contributed by atoms with Crippen LogP contribution in [0.2, 0.25) is 0 Å². The normalized spacial score (nSPS) is 12.8. The quantitative estimate of drug-likeness (QED) is 0.401. The molecule has 0 fully saturated rings. The van der Waals surface area contributed by atoms with Gasteiger partial charge in [0.25, 0.3) is 10.0 Å². The second-order valence-electron chi connectivity index (χ2n) is 7.06. The number of thiophene rings is 1. The molecule has 0 bridgehead atoms. The zero-order chi connectivity index (χ0) is 21.3. The Bertz CT molecular complexity index is 1300. The van der Waals surface area contributed by atoms with Crippen molar-refractivity contribution in [3.05, 3.63) is 78.0 Å². The van der Waals surface area contributed by atoms with Gasteiger partial charge in [0, 0.05) is 28.4 Å². The number of aliphatic carboxylic acids is 1. The number of sulfonamides is 1. The third-order valence-electron chi connectivity index (χ3n) is 4.88. The number of aryl methyl sites for hydroxylation is 1. The molecule has 0 aliphatic rings. The summed E-state index contributed by atoms with van der Waals surface area (Å²) in [5.41, 5.74) is 3.65. The van der Waals surface area contributed by atoms with Crippen LogP contribution in [0.25, 0.3) is 21.3 Å². The molecule has 30 heavy (non-hydrogen) atoms. The SMILES string of the molecule is Cc1ccc(-c2ccc(S(=O)(=O)N[C@@H](Cc3c[nH]c4ccccc34)C(=O)O)s2)cc1. The zero-order valence-electron chi connectivity index (χ0n) is 16.1. The van der Waals surface area contributed by atoms with Crippen molar-refractivity contribution >= 4 is 38.2 Å². The molecule has 0 saturated heterocycles. The van der Waals surface area contributed by atoms with E-state index in [0.29, 0.717) is 0 Å². The molecule has 6 nitrogen and oxygen atoms in total. The molecule has 2 aromatic heterocycles. The minimum absolute atomic E-state index is 0.0365. The van der Waals surface area contributed by atoms with Crippen LogP contribution in [0.5, 0.6) is 0 Å². The van der Waals surface area contributed by atoms with E-state index in [1.807, 2.05) is 55.5 Å². The first kappa shape index (κ1) is 20.3. The second kappa shape index (κ2) is 8.06. The number of nitrogens with one attached hydrogen (secondary N) is 2. The van der Waals surface area contributed by atoms with E-state index in [2.05, 4.69) is 9.71 Å². The highest BCUT2D eigenvalue weighted by molar-refractivity contribution is 7.91. The van der Waals surface area contributed by atoms with E-state index in [-0.39, 0.29) is 10.6 Å². The largest absolute Gasteiger partial charge is 0.480 e. The summed E-state index contributed by atoms with van der Waals surface area (Å²) in [6.45, 7) is 1.98. The molecule has 0 aliphatic heterocycles. The van der Waals surface area contributed by atoms with Crippen LogP contribution >= 0.6 is 11.3 Å². The first-order valence-electron chi connectivity index (χ1n) is 9.30. The third-order valence-corrected chi connectivity index (χ3v) is 7.97. The molecule has 3 N–H and O–H groups in total. The van der Waals surface area contributed by atoms with Gasteiger partial charge in [-0.05, 0) is 36.2 Å². The number of aromatic nitrogens is 1. The van der Waals surface area contributed by atoms with Gasteiger partial charge in [0.05, 0.1) is 0 Å². The van der Waals surface area contributed by atoms with Crippen molar-refractivity contribution in [1.29, 1.82) is 0 Å². The molecule has 0 saturated carbocycles. The fourth-order valence-corrected chi connectivity index (χ4v) is 5.80. The monoisotopic (exact) mass is 440 g/mol.